The number of anilines is 2. The number of halogens is 1. The molecule has 0 bridgehead atoms. The van der Waals surface area contributed by atoms with Crippen LogP contribution in [0.4, 0.5) is 11.4 Å². The molecule has 7 heteroatoms. The van der Waals surface area contributed by atoms with Gasteiger partial charge in [0, 0.05) is 23.9 Å². The highest BCUT2D eigenvalue weighted by Gasteiger charge is 2.16. The maximum Gasteiger partial charge on any atom is 0.248 e. The first kappa shape index (κ1) is 20.7. The van der Waals surface area contributed by atoms with Gasteiger partial charge in [-0.1, -0.05) is 25.4 Å². The molecule has 29 heavy (non-hydrogen) atoms. The summed E-state index contributed by atoms with van der Waals surface area (Å²) in [5, 5.41) is 6.05. The normalized spacial score (nSPS) is 12.8. The fourth-order valence-electron chi connectivity index (χ4n) is 2.80. The Morgan fingerprint density at radius 2 is 1.72 bits per heavy atom. The van der Waals surface area contributed by atoms with Crippen molar-refractivity contribution in [3.8, 4) is 11.5 Å². The summed E-state index contributed by atoms with van der Waals surface area (Å²) in [6.07, 6.45) is 3.53. The Morgan fingerprint density at radius 1 is 1.07 bits per heavy atom. The zero-order valence-corrected chi connectivity index (χ0v) is 17.1. The Hall–Kier alpha value is -2.99. The SMILES string of the molecule is CC(C)CC(=O)Nc1ccc(NC(=O)/C=C/c2cc(Cl)c3c(c2)OCCO3)cc1. The second-order valence-corrected chi connectivity index (χ2v) is 7.48. The topological polar surface area (TPSA) is 76.7 Å². The van der Waals surface area contributed by atoms with Crippen molar-refractivity contribution in [2.45, 2.75) is 20.3 Å². The molecule has 1 aliphatic heterocycles. The lowest BCUT2D eigenvalue weighted by atomic mass is 10.1. The second kappa shape index (κ2) is 9.47. The van der Waals surface area contributed by atoms with E-state index in [0.717, 1.165) is 5.56 Å². The van der Waals surface area contributed by atoms with Crippen LogP contribution in [-0.2, 0) is 9.59 Å². The average Bonchev–Trinajstić information content (AvgIpc) is 2.67. The minimum Gasteiger partial charge on any atom is -0.486 e. The van der Waals surface area contributed by atoms with Gasteiger partial charge in [-0.25, -0.2) is 0 Å². The van der Waals surface area contributed by atoms with Gasteiger partial charge < -0.3 is 20.1 Å². The van der Waals surface area contributed by atoms with Gasteiger partial charge >= 0.3 is 0 Å². The van der Waals surface area contributed by atoms with Gasteiger partial charge in [-0.3, -0.25) is 9.59 Å². The fraction of sp³-hybridized carbons (Fsp3) is 0.273. The highest BCUT2D eigenvalue weighted by molar-refractivity contribution is 6.32. The van der Waals surface area contributed by atoms with E-state index in [0.29, 0.717) is 53.4 Å². The largest absolute Gasteiger partial charge is 0.486 e. The number of fused-ring (bicyclic) bond motifs is 1. The molecule has 0 saturated heterocycles. The van der Waals surface area contributed by atoms with E-state index in [9.17, 15) is 9.59 Å². The van der Waals surface area contributed by atoms with Gasteiger partial charge in [-0.2, -0.15) is 0 Å². The molecule has 152 valence electrons. The summed E-state index contributed by atoms with van der Waals surface area (Å²) >= 11 is 6.20. The summed E-state index contributed by atoms with van der Waals surface area (Å²) in [6, 6.07) is 10.5. The minimum atomic E-state index is -0.285. The van der Waals surface area contributed by atoms with Crippen molar-refractivity contribution < 1.29 is 19.1 Å². The first-order chi connectivity index (χ1) is 13.9. The predicted octanol–water partition coefficient (Wildman–Crippen LogP) is 4.75. The van der Waals surface area contributed by atoms with Crippen LogP contribution in [0.25, 0.3) is 6.08 Å². The molecule has 2 amide bonds. The van der Waals surface area contributed by atoms with Crippen molar-refractivity contribution in [2.75, 3.05) is 23.8 Å². The molecule has 6 nitrogen and oxygen atoms in total. The number of carbonyl (C=O) groups is 2. The Balaban J connectivity index is 1.58. The molecular formula is C22H23ClN2O4. The van der Waals surface area contributed by atoms with Crippen LogP contribution < -0.4 is 20.1 Å². The molecule has 1 aliphatic rings. The Bertz CT molecular complexity index is 923. The first-order valence-electron chi connectivity index (χ1n) is 9.39. The number of hydrogen-bond donors (Lipinski definition) is 2. The summed E-state index contributed by atoms with van der Waals surface area (Å²) in [5.41, 5.74) is 2.05. The number of ether oxygens (including phenoxy) is 2. The third-order valence-electron chi connectivity index (χ3n) is 4.08. The van der Waals surface area contributed by atoms with Crippen molar-refractivity contribution in [1.29, 1.82) is 0 Å². The highest BCUT2D eigenvalue weighted by atomic mass is 35.5. The van der Waals surface area contributed by atoms with E-state index in [-0.39, 0.29) is 11.8 Å². The third kappa shape index (κ3) is 5.99. The molecule has 0 aliphatic carbocycles. The maximum absolute atomic E-state index is 12.2. The lowest BCUT2D eigenvalue weighted by Gasteiger charge is -2.19. The van der Waals surface area contributed by atoms with Crippen LogP contribution in [0, 0.1) is 5.92 Å². The van der Waals surface area contributed by atoms with E-state index in [1.165, 1.54) is 6.08 Å². The smallest absolute Gasteiger partial charge is 0.248 e. The van der Waals surface area contributed by atoms with Gasteiger partial charge in [0.05, 0.1) is 5.02 Å². The van der Waals surface area contributed by atoms with Crippen LogP contribution in [0.2, 0.25) is 5.02 Å². The van der Waals surface area contributed by atoms with Crippen LogP contribution >= 0.6 is 11.6 Å². The monoisotopic (exact) mass is 414 g/mol. The Kier molecular flexibility index (Phi) is 6.77. The molecule has 3 rings (SSSR count). The summed E-state index contributed by atoms with van der Waals surface area (Å²) in [6.45, 7) is 4.91. The van der Waals surface area contributed by atoms with Crippen molar-refractivity contribution in [2.24, 2.45) is 5.92 Å². The van der Waals surface area contributed by atoms with Gasteiger partial charge in [0.15, 0.2) is 11.5 Å². The molecule has 2 aromatic rings. The second-order valence-electron chi connectivity index (χ2n) is 7.07. The summed E-state index contributed by atoms with van der Waals surface area (Å²) in [7, 11) is 0. The fourth-order valence-corrected chi connectivity index (χ4v) is 3.08. The number of benzene rings is 2. The summed E-state index contributed by atoms with van der Waals surface area (Å²) in [5.74, 6) is 1.08. The summed E-state index contributed by atoms with van der Waals surface area (Å²) < 4.78 is 11.0. The zero-order chi connectivity index (χ0) is 20.8. The number of nitrogens with one attached hydrogen (secondary N) is 2. The lowest BCUT2D eigenvalue weighted by molar-refractivity contribution is -0.117. The number of carbonyl (C=O) groups excluding carboxylic acids is 2. The van der Waals surface area contributed by atoms with E-state index in [1.807, 2.05) is 13.8 Å². The van der Waals surface area contributed by atoms with Crippen molar-refractivity contribution in [1.82, 2.24) is 0 Å². The van der Waals surface area contributed by atoms with Gasteiger partial charge in [0.25, 0.3) is 0 Å². The number of hydrogen-bond acceptors (Lipinski definition) is 4. The molecule has 0 radical (unpaired) electrons. The van der Waals surface area contributed by atoms with Crippen LogP contribution in [0.15, 0.2) is 42.5 Å². The highest BCUT2D eigenvalue weighted by Crippen LogP contribution is 2.38. The number of amides is 2. The van der Waals surface area contributed by atoms with Crippen molar-refractivity contribution in [3.05, 3.63) is 53.1 Å². The Labute approximate surface area is 174 Å². The maximum atomic E-state index is 12.2. The van der Waals surface area contributed by atoms with Crippen molar-refractivity contribution >= 4 is 40.9 Å². The van der Waals surface area contributed by atoms with E-state index < -0.39 is 0 Å². The van der Waals surface area contributed by atoms with Crippen LogP contribution in [0.1, 0.15) is 25.8 Å². The molecule has 2 N–H and O–H groups in total. The minimum absolute atomic E-state index is 0.0298. The lowest BCUT2D eigenvalue weighted by Crippen LogP contribution is -2.15. The molecule has 0 saturated carbocycles. The molecule has 0 unspecified atom stereocenters. The van der Waals surface area contributed by atoms with Crippen LogP contribution in [-0.4, -0.2) is 25.0 Å². The molecule has 0 atom stereocenters. The van der Waals surface area contributed by atoms with E-state index >= 15 is 0 Å². The number of rotatable bonds is 6. The van der Waals surface area contributed by atoms with E-state index in [2.05, 4.69) is 10.6 Å². The van der Waals surface area contributed by atoms with E-state index in [1.54, 1.807) is 42.5 Å². The van der Waals surface area contributed by atoms with Gasteiger partial charge in [-0.05, 0) is 54.0 Å². The quantitative estimate of drug-likeness (QED) is 0.669. The third-order valence-corrected chi connectivity index (χ3v) is 4.36. The molecular weight excluding hydrogens is 392 g/mol. The van der Waals surface area contributed by atoms with Crippen LogP contribution in [0.3, 0.4) is 0 Å². The molecule has 0 fully saturated rings. The molecule has 2 aromatic carbocycles. The first-order valence-corrected chi connectivity index (χ1v) is 9.76. The Morgan fingerprint density at radius 3 is 2.41 bits per heavy atom. The average molecular weight is 415 g/mol. The molecule has 0 spiro atoms. The molecule has 1 heterocycles. The van der Waals surface area contributed by atoms with Crippen molar-refractivity contribution in [3.63, 3.8) is 0 Å². The van der Waals surface area contributed by atoms with E-state index in [4.69, 9.17) is 21.1 Å². The predicted molar refractivity (Wildman–Crippen MR) is 115 cm³/mol. The summed E-state index contributed by atoms with van der Waals surface area (Å²) in [4.78, 5) is 24.0. The van der Waals surface area contributed by atoms with Gasteiger partial charge in [0.1, 0.15) is 13.2 Å². The van der Waals surface area contributed by atoms with Gasteiger partial charge in [-0.15, -0.1) is 0 Å². The van der Waals surface area contributed by atoms with Gasteiger partial charge in [0.2, 0.25) is 11.8 Å². The zero-order valence-electron chi connectivity index (χ0n) is 16.3. The van der Waals surface area contributed by atoms with Crippen LogP contribution in [0.5, 0.6) is 11.5 Å². The standard InChI is InChI=1S/C22H23ClN2O4/c1-14(2)11-21(27)25-17-6-4-16(5-7-17)24-20(26)8-3-15-12-18(23)22-19(13-15)28-9-10-29-22/h3-8,12-14H,9-11H2,1-2H3,(H,24,26)(H,25,27)/b8-3+. The molecule has 0 aromatic heterocycles.